The first-order chi connectivity index (χ1) is 9.08. The maximum atomic E-state index is 11.9. The van der Waals surface area contributed by atoms with Gasteiger partial charge in [0.1, 0.15) is 0 Å². The van der Waals surface area contributed by atoms with Crippen LogP contribution < -0.4 is 10.6 Å². The predicted octanol–water partition coefficient (Wildman–Crippen LogP) is 2.66. The van der Waals surface area contributed by atoms with E-state index in [9.17, 15) is 4.79 Å². The largest absolute Gasteiger partial charge is 0.355 e. The smallest absolute Gasteiger partial charge is 0.224 e. The highest BCUT2D eigenvalue weighted by Crippen LogP contribution is 2.16. The summed E-state index contributed by atoms with van der Waals surface area (Å²) in [6.07, 6.45) is 1.73. The standard InChI is InChI=1S/C15H23BrN2O/c1-4-12(10-17-3)15(19)18-8-7-13-9-14(16)6-5-11(13)2/h5-6,9,12,17H,4,7-8,10H2,1-3H3,(H,18,19). The van der Waals surface area contributed by atoms with E-state index in [0.29, 0.717) is 6.54 Å². The number of amides is 1. The molecule has 0 bridgehead atoms. The molecule has 0 fully saturated rings. The highest BCUT2D eigenvalue weighted by molar-refractivity contribution is 9.10. The van der Waals surface area contributed by atoms with Crippen molar-refractivity contribution in [3.63, 3.8) is 0 Å². The van der Waals surface area contributed by atoms with Crippen LogP contribution in [0.25, 0.3) is 0 Å². The molecule has 4 heteroatoms. The number of hydrogen-bond donors (Lipinski definition) is 2. The maximum Gasteiger partial charge on any atom is 0.224 e. The van der Waals surface area contributed by atoms with E-state index in [1.54, 1.807) is 0 Å². The third kappa shape index (κ3) is 5.33. The van der Waals surface area contributed by atoms with Gasteiger partial charge in [0.25, 0.3) is 0 Å². The lowest BCUT2D eigenvalue weighted by Crippen LogP contribution is -2.36. The van der Waals surface area contributed by atoms with Crippen molar-refractivity contribution in [2.45, 2.75) is 26.7 Å². The van der Waals surface area contributed by atoms with Gasteiger partial charge in [-0.05, 0) is 50.1 Å². The van der Waals surface area contributed by atoms with Gasteiger partial charge in [-0.1, -0.05) is 28.9 Å². The quantitative estimate of drug-likeness (QED) is 0.808. The van der Waals surface area contributed by atoms with Gasteiger partial charge < -0.3 is 10.6 Å². The fourth-order valence-electron chi connectivity index (χ4n) is 2.04. The van der Waals surface area contributed by atoms with E-state index in [-0.39, 0.29) is 11.8 Å². The SMILES string of the molecule is CCC(CNC)C(=O)NCCc1cc(Br)ccc1C. The molecule has 1 amide bonds. The molecule has 106 valence electrons. The third-order valence-electron chi connectivity index (χ3n) is 3.32. The number of nitrogens with one attached hydrogen (secondary N) is 2. The van der Waals surface area contributed by atoms with Crippen LogP contribution >= 0.6 is 15.9 Å². The molecular formula is C15H23BrN2O. The lowest BCUT2D eigenvalue weighted by molar-refractivity contribution is -0.124. The Morgan fingerprint density at radius 3 is 2.79 bits per heavy atom. The first-order valence-electron chi connectivity index (χ1n) is 6.75. The van der Waals surface area contributed by atoms with Crippen molar-refractivity contribution >= 4 is 21.8 Å². The van der Waals surface area contributed by atoms with Crippen LogP contribution in [0.4, 0.5) is 0 Å². The van der Waals surface area contributed by atoms with Crippen LogP contribution in [0.5, 0.6) is 0 Å². The normalized spacial score (nSPS) is 12.2. The van der Waals surface area contributed by atoms with Crippen LogP contribution in [0, 0.1) is 12.8 Å². The Labute approximate surface area is 124 Å². The zero-order chi connectivity index (χ0) is 14.3. The second-order valence-corrected chi connectivity index (χ2v) is 5.69. The lowest BCUT2D eigenvalue weighted by Gasteiger charge is -2.14. The van der Waals surface area contributed by atoms with Gasteiger partial charge in [0.15, 0.2) is 0 Å². The molecule has 0 radical (unpaired) electrons. The number of hydrogen-bond acceptors (Lipinski definition) is 2. The number of benzene rings is 1. The molecule has 1 unspecified atom stereocenters. The predicted molar refractivity (Wildman–Crippen MR) is 83.3 cm³/mol. The van der Waals surface area contributed by atoms with Crippen molar-refractivity contribution < 1.29 is 4.79 Å². The van der Waals surface area contributed by atoms with Crippen LogP contribution in [0.3, 0.4) is 0 Å². The third-order valence-corrected chi connectivity index (χ3v) is 3.81. The molecule has 0 spiro atoms. The highest BCUT2D eigenvalue weighted by Gasteiger charge is 2.14. The summed E-state index contributed by atoms with van der Waals surface area (Å²) in [5.41, 5.74) is 2.54. The number of rotatable bonds is 7. The van der Waals surface area contributed by atoms with E-state index in [1.165, 1.54) is 11.1 Å². The van der Waals surface area contributed by atoms with Gasteiger partial charge in [-0.3, -0.25) is 4.79 Å². The molecule has 0 heterocycles. The zero-order valence-electron chi connectivity index (χ0n) is 11.9. The first kappa shape index (κ1) is 16.2. The summed E-state index contributed by atoms with van der Waals surface area (Å²) in [7, 11) is 1.88. The zero-order valence-corrected chi connectivity index (χ0v) is 13.5. The van der Waals surface area contributed by atoms with Crippen molar-refractivity contribution in [1.29, 1.82) is 0 Å². The Bertz CT molecular complexity index is 421. The Balaban J connectivity index is 2.45. The van der Waals surface area contributed by atoms with E-state index in [4.69, 9.17) is 0 Å². The molecule has 0 aliphatic heterocycles. The monoisotopic (exact) mass is 326 g/mol. The van der Waals surface area contributed by atoms with Gasteiger partial charge >= 0.3 is 0 Å². The summed E-state index contributed by atoms with van der Waals surface area (Å²) in [5, 5.41) is 6.08. The van der Waals surface area contributed by atoms with Gasteiger partial charge in [0, 0.05) is 17.6 Å². The summed E-state index contributed by atoms with van der Waals surface area (Å²) in [5.74, 6) is 0.207. The van der Waals surface area contributed by atoms with Crippen molar-refractivity contribution in [1.82, 2.24) is 10.6 Å². The lowest BCUT2D eigenvalue weighted by atomic mass is 10.0. The molecule has 1 aromatic carbocycles. The number of carbonyl (C=O) groups is 1. The van der Waals surface area contributed by atoms with E-state index in [1.807, 2.05) is 20.0 Å². The molecule has 2 N–H and O–H groups in total. The summed E-state index contributed by atoms with van der Waals surface area (Å²) in [6.45, 7) is 5.56. The Kier molecular flexibility index (Phi) is 7.10. The van der Waals surface area contributed by atoms with Crippen molar-refractivity contribution in [3.8, 4) is 0 Å². The highest BCUT2D eigenvalue weighted by atomic mass is 79.9. The van der Waals surface area contributed by atoms with Crippen LogP contribution in [-0.4, -0.2) is 26.0 Å². The van der Waals surface area contributed by atoms with Crippen LogP contribution in [0.15, 0.2) is 22.7 Å². The molecule has 1 aromatic rings. The van der Waals surface area contributed by atoms with E-state index >= 15 is 0 Å². The Hall–Kier alpha value is -0.870. The second-order valence-electron chi connectivity index (χ2n) is 4.77. The topological polar surface area (TPSA) is 41.1 Å². The number of halogens is 1. The van der Waals surface area contributed by atoms with Gasteiger partial charge in [0.2, 0.25) is 5.91 Å². The first-order valence-corrected chi connectivity index (χ1v) is 7.55. The molecule has 1 atom stereocenters. The van der Waals surface area contributed by atoms with Gasteiger partial charge in [0.05, 0.1) is 5.92 Å². The fourth-order valence-corrected chi connectivity index (χ4v) is 2.45. The molecular weight excluding hydrogens is 304 g/mol. The van der Waals surface area contributed by atoms with Crippen molar-refractivity contribution in [3.05, 3.63) is 33.8 Å². The fraction of sp³-hybridized carbons (Fsp3) is 0.533. The summed E-state index contributed by atoms with van der Waals surface area (Å²) >= 11 is 3.48. The second kappa shape index (κ2) is 8.33. The number of carbonyl (C=O) groups excluding carboxylic acids is 1. The molecule has 0 aromatic heterocycles. The van der Waals surface area contributed by atoms with E-state index in [2.05, 4.69) is 45.6 Å². The van der Waals surface area contributed by atoms with Crippen molar-refractivity contribution in [2.24, 2.45) is 5.92 Å². The molecule has 19 heavy (non-hydrogen) atoms. The molecule has 0 aliphatic carbocycles. The molecule has 1 rings (SSSR count). The van der Waals surface area contributed by atoms with Crippen LogP contribution in [-0.2, 0) is 11.2 Å². The minimum Gasteiger partial charge on any atom is -0.355 e. The summed E-state index contributed by atoms with van der Waals surface area (Å²) in [6, 6.07) is 6.25. The molecule has 0 saturated carbocycles. The van der Waals surface area contributed by atoms with Gasteiger partial charge in [-0.15, -0.1) is 0 Å². The Morgan fingerprint density at radius 1 is 1.42 bits per heavy atom. The van der Waals surface area contributed by atoms with Gasteiger partial charge in [-0.25, -0.2) is 0 Å². The average molecular weight is 327 g/mol. The Morgan fingerprint density at radius 2 is 2.16 bits per heavy atom. The minimum absolute atomic E-state index is 0.0635. The minimum atomic E-state index is 0.0635. The van der Waals surface area contributed by atoms with Crippen LogP contribution in [0.2, 0.25) is 0 Å². The molecule has 0 saturated heterocycles. The number of aryl methyl sites for hydroxylation is 1. The summed E-state index contributed by atoms with van der Waals surface area (Å²) in [4.78, 5) is 11.9. The average Bonchev–Trinajstić information content (AvgIpc) is 2.39. The van der Waals surface area contributed by atoms with E-state index in [0.717, 1.165) is 23.9 Å². The molecule has 0 aliphatic rings. The summed E-state index contributed by atoms with van der Waals surface area (Å²) < 4.78 is 1.08. The van der Waals surface area contributed by atoms with Gasteiger partial charge in [-0.2, -0.15) is 0 Å². The van der Waals surface area contributed by atoms with E-state index < -0.39 is 0 Å². The van der Waals surface area contributed by atoms with Crippen molar-refractivity contribution in [2.75, 3.05) is 20.1 Å². The maximum absolute atomic E-state index is 11.9. The van der Waals surface area contributed by atoms with Crippen LogP contribution in [0.1, 0.15) is 24.5 Å². The molecule has 3 nitrogen and oxygen atoms in total.